The van der Waals surface area contributed by atoms with Gasteiger partial charge in [0.15, 0.2) is 11.0 Å². The number of carbonyl (C=O) groups excluding carboxylic acids is 1. The molecule has 28 heavy (non-hydrogen) atoms. The summed E-state index contributed by atoms with van der Waals surface area (Å²) in [4.78, 5) is 29.3. The number of thiazole rings is 1. The van der Waals surface area contributed by atoms with Crippen LogP contribution in [0.25, 0.3) is 12.2 Å². The highest BCUT2D eigenvalue weighted by molar-refractivity contribution is 7.14. The van der Waals surface area contributed by atoms with Gasteiger partial charge in [0.1, 0.15) is 5.69 Å². The van der Waals surface area contributed by atoms with Gasteiger partial charge in [-0.15, -0.1) is 11.3 Å². The zero-order chi connectivity index (χ0) is 19.2. The first-order valence-corrected chi connectivity index (χ1v) is 9.42. The summed E-state index contributed by atoms with van der Waals surface area (Å²) in [7, 11) is 0. The molecular formula is C20H16N6OS. The Morgan fingerprint density at radius 2 is 1.89 bits per heavy atom. The third kappa shape index (κ3) is 4.36. The zero-order valence-electron chi connectivity index (χ0n) is 14.8. The maximum absolute atomic E-state index is 12.7. The predicted octanol–water partition coefficient (Wildman–Crippen LogP) is 3.60. The summed E-state index contributed by atoms with van der Waals surface area (Å²) in [6, 6.07) is 9.26. The average molecular weight is 388 g/mol. The van der Waals surface area contributed by atoms with Crippen molar-refractivity contribution in [3.05, 3.63) is 89.5 Å². The standard InChI is InChI=1S/C20H16N6OS/c27-19(17-3-1-12-26(17)13-15-6-10-21-11-7-15)25-20-24-16(14-28-20)4-5-18-22-8-2-9-23-18/h1-12,14H,13H2,(H,24,25,27)/b5-4+. The van der Waals surface area contributed by atoms with Crippen LogP contribution in [0.15, 0.2) is 66.7 Å². The van der Waals surface area contributed by atoms with E-state index in [9.17, 15) is 4.79 Å². The minimum Gasteiger partial charge on any atom is -0.339 e. The normalized spacial score (nSPS) is 11.0. The Hall–Kier alpha value is -3.65. The molecule has 8 heteroatoms. The lowest BCUT2D eigenvalue weighted by atomic mass is 10.2. The highest BCUT2D eigenvalue weighted by Gasteiger charge is 2.13. The summed E-state index contributed by atoms with van der Waals surface area (Å²) in [6.07, 6.45) is 12.3. The van der Waals surface area contributed by atoms with E-state index in [-0.39, 0.29) is 5.91 Å². The van der Waals surface area contributed by atoms with E-state index in [0.29, 0.717) is 23.2 Å². The Morgan fingerprint density at radius 3 is 2.71 bits per heavy atom. The lowest BCUT2D eigenvalue weighted by Gasteiger charge is -2.08. The van der Waals surface area contributed by atoms with Gasteiger partial charge in [-0.1, -0.05) is 0 Å². The molecule has 0 aliphatic heterocycles. The van der Waals surface area contributed by atoms with Crippen molar-refractivity contribution >= 4 is 34.5 Å². The van der Waals surface area contributed by atoms with Gasteiger partial charge in [0.25, 0.3) is 5.91 Å². The van der Waals surface area contributed by atoms with Crippen molar-refractivity contribution in [3.63, 3.8) is 0 Å². The van der Waals surface area contributed by atoms with Crippen LogP contribution in [-0.2, 0) is 6.54 Å². The Morgan fingerprint density at radius 1 is 1.07 bits per heavy atom. The Balaban J connectivity index is 1.43. The van der Waals surface area contributed by atoms with Gasteiger partial charge in [0, 0.05) is 42.9 Å². The molecule has 0 fully saturated rings. The molecule has 0 aromatic carbocycles. The number of hydrogen-bond donors (Lipinski definition) is 1. The molecule has 4 rings (SSSR count). The van der Waals surface area contributed by atoms with Crippen LogP contribution < -0.4 is 5.32 Å². The Labute approximate surface area is 165 Å². The second-order valence-electron chi connectivity index (χ2n) is 5.85. The van der Waals surface area contributed by atoms with E-state index in [1.807, 2.05) is 40.4 Å². The second kappa shape index (κ2) is 8.36. The summed E-state index contributed by atoms with van der Waals surface area (Å²) >= 11 is 1.37. The van der Waals surface area contributed by atoms with Gasteiger partial charge < -0.3 is 4.57 Å². The van der Waals surface area contributed by atoms with Gasteiger partial charge in [-0.3, -0.25) is 15.1 Å². The number of hydrogen-bond acceptors (Lipinski definition) is 6. The molecule has 0 aliphatic carbocycles. The molecule has 0 aliphatic rings. The summed E-state index contributed by atoms with van der Waals surface area (Å²) in [6.45, 7) is 0.598. The molecule has 4 aromatic heterocycles. The third-order valence-electron chi connectivity index (χ3n) is 3.90. The van der Waals surface area contributed by atoms with Crippen LogP contribution in [-0.4, -0.2) is 30.4 Å². The maximum atomic E-state index is 12.7. The van der Waals surface area contributed by atoms with Crippen LogP contribution in [0.4, 0.5) is 5.13 Å². The van der Waals surface area contributed by atoms with Gasteiger partial charge in [0.2, 0.25) is 0 Å². The van der Waals surface area contributed by atoms with E-state index in [2.05, 4.69) is 25.3 Å². The minimum absolute atomic E-state index is 0.199. The molecule has 1 N–H and O–H groups in total. The molecule has 7 nitrogen and oxygen atoms in total. The SMILES string of the molecule is O=C(Nc1nc(/C=C/c2ncccn2)cs1)c1cccn1Cc1ccncc1. The van der Waals surface area contributed by atoms with E-state index in [1.54, 1.807) is 43.0 Å². The van der Waals surface area contributed by atoms with E-state index in [1.165, 1.54) is 11.3 Å². The molecule has 0 spiro atoms. The molecule has 0 atom stereocenters. The predicted molar refractivity (Wildman–Crippen MR) is 109 cm³/mol. The number of nitrogens with zero attached hydrogens (tertiary/aromatic N) is 5. The summed E-state index contributed by atoms with van der Waals surface area (Å²) in [5.41, 5.74) is 2.38. The van der Waals surface area contributed by atoms with Crippen molar-refractivity contribution in [2.75, 3.05) is 5.32 Å². The molecule has 0 bridgehead atoms. The molecule has 1 amide bonds. The molecule has 0 unspecified atom stereocenters. The van der Waals surface area contributed by atoms with Crippen molar-refractivity contribution in [1.82, 2.24) is 24.5 Å². The van der Waals surface area contributed by atoms with Crippen molar-refractivity contribution in [1.29, 1.82) is 0 Å². The highest BCUT2D eigenvalue weighted by atomic mass is 32.1. The van der Waals surface area contributed by atoms with E-state index in [0.717, 1.165) is 11.3 Å². The molecule has 0 radical (unpaired) electrons. The van der Waals surface area contributed by atoms with Gasteiger partial charge >= 0.3 is 0 Å². The molecule has 0 saturated carbocycles. The van der Waals surface area contributed by atoms with Crippen molar-refractivity contribution in [2.45, 2.75) is 6.54 Å². The third-order valence-corrected chi connectivity index (χ3v) is 4.67. The van der Waals surface area contributed by atoms with Crippen molar-refractivity contribution in [2.24, 2.45) is 0 Å². The number of carbonyl (C=O) groups is 1. The first-order chi connectivity index (χ1) is 13.8. The number of aromatic nitrogens is 5. The van der Waals surface area contributed by atoms with Crippen molar-refractivity contribution in [3.8, 4) is 0 Å². The van der Waals surface area contributed by atoms with Crippen LogP contribution in [0.2, 0.25) is 0 Å². The topological polar surface area (TPSA) is 85.6 Å². The Kier molecular flexibility index (Phi) is 5.30. The number of rotatable bonds is 6. The average Bonchev–Trinajstić information content (AvgIpc) is 3.37. The van der Waals surface area contributed by atoms with Gasteiger partial charge in [-0.25, -0.2) is 15.0 Å². The minimum atomic E-state index is -0.199. The first-order valence-electron chi connectivity index (χ1n) is 8.54. The molecule has 0 saturated heterocycles. The summed E-state index contributed by atoms with van der Waals surface area (Å²) in [5.74, 6) is 0.408. The van der Waals surface area contributed by atoms with E-state index in [4.69, 9.17) is 0 Å². The molecule has 138 valence electrons. The van der Waals surface area contributed by atoms with Crippen molar-refractivity contribution < 1.29 is 4.79 Å². The van der Waals surface area contributed by atoms with E-state index < -0.39 is 0 Å². The van der Waals surface area contributed by atoms with Crippen LogP contribution >= 0.6 is 11.3 Å². The fourth-order valence-electron chi connectivity index (χ4n) is 2.58. The summed E-state index contributed by atoms with van der Waals surface area (Å²) < 4.78 is 1.89. The maximum Gasteiger partial charge on any atom is 0.274 e. The number of anilines is 1. The van der Waals surface area contributed by atoms with Crippen LogP contribution in [0.5, 0.6) is 0 Å². The zero-order valence-corrected chi connectivity index (χ0v) is 15.6. The van der Waals surface area contributed by atoms with E-state index >= 15 is 0 Å². The second-order valence-corrected chi connectivity index (χ2v) is 6.71. The summed E-state index contributed by atoms with van der Waals surface area (Å²) in [5, 5.41) is 5.26. The lowest BCUT2D eigenvalue weighted by molar-refractivity contribution is 0.101. The van der Waals surface area contributed by atoms with Crippen LogP contribution in [0, 0.1) is 0 Å². The van der Waals surface area contributed by atoms with Crippen LogP contribution in [0.1, 0.15) is 27.6 Å². The van der Waals surface area contributed by atoms with Gasteiger partial charge in [0.05, 0.1) is 5.69 Å². The largest absolute Gasteiger partial charge is 0.339 e. The molecular weight excluding hydrogens is 372 g/mol. The number of nitrogens with one attached hydrogen (secondary N) is 1. The monoisotopic (exact) mass is 388 g/mol. The fraction of sp³-hybridized carbons (Fsp3) is 0.0500. The molecule has 4 heterocycles. The van der Waals surface area contributed by atoms with Crippen LogP contribution in [0.3, 0.4) is 0 Å². The molecule has 4 aromatic rings. The highest BCUT2D eigenvalue weighted by Crippen LogP contribution is 2.18. The fourth-order valence-corrected chi connectivity index (χ4v) is 3.25. The first kappa shape index (κ1) is 17.7. The van der Waals surface area contributed by atoms with Gasteiger partial charge in [-0.05, 0) is 48.0 Å². The number of pyridine rings is 1. The lowest BCUT2D eigenvalue weighted by Crippen LogP contribution is -2.17. The Bertz CT molecular complexity index is 1090. The number of amides is 1. The van der Waals surface area contributed by atoms with Gasteiger partial charge in [-0.2, -0.15) is 0 Å². The smallest absolute Gasteiger partial charge is 0.274 e. The quantitative estimate of drug-likeness (QED) is 0.545.